The van der Waals surface area contributed by atoms with Crippen molar-refractivity contribution in [1.29, 1.82) is 0 Å². The molecule has 0 heterocycles. The summed E-state index contributed by atoms with van der Waals surface area (Å²) < 4.78 is 5.83. The van der Waals surface area contributed by atoms with E-state index in [1.165, 1.54) is 19.8 Å². The van der Waals surface area contributed by atoms with E-state index < -0.39 is 17.8 Å². The van der Waals surface area contributed by atoms with Crippen LogP contribution in [0.4, 0.5) is 0 Å². The number of hydrogen-bond acceptors (Lipinski definition) is 6. The lowest BCUT2D eigenvalue weighted by Gasteiger charge is -2.68. The lowest BCUT2D eigenvalue weighted by atomic mass is 9.37. The van der Waals surface area contributed by atoms with Crippen LogP contribution in [0.3, 0.4) is 0 Å². The Hall–Kier alpha value is -0.690. The minimum Gasteiger partial charge on any atom is -0.462 e. The van der Waals surface area contributed by atoms with Crippen molar-refractivity contribution in [2.24, 2.45) is 50.7 Å². The maximum atomic E-state index is 12.1. The monoisotopic (exact) mass is 534 g/mol. The van der Waals surface area contributed by atoms with E-state index in [1.54, 1.807) is 13.8 Å². The molecule has 5 aliphatic carbocycles. The Morgan fingerprint density at radius 1 is 1.03 bits per heavy atom. The third kappa shape index (κ3) is 3.61. The molecule has 0 spiro atoms. The van der Waals surface area contributed by atoms with Crippen LogP contribution < -0.4 is 0 Å². The molecule has 12 unspecified atom stereocenters. The predicted octanol–water partition coefficient (Wildman–Crippen LogP) is 4.85. The first-order valence-corrected chi connectivity index (χ1v) is 15.3. The SMILES string of the molecule is CC(=O)OC1CCC2(C)C(CC(O)C3(C)C2CCC24CC23CCC4C(C)CC(O)C(O)C(C)(C)O)C1(C)C. The highest BCUT2D eigenvalue weighted by molar-refractivity contribution is 5.66. The number of esters is 1. The van der Waals surface area contributed by atoms with Crippen LogP contribution in [-0.2, 0) is 9.53 Å². The first-order chi connectivity index (χ1) is 17.4. The highest BCUT2D eigenvalue weighted by Crippen LogP contribution is 2.90. The molecule has 5 rings (SSSR count). The quantitative estimate of drug-likeness (QED) is 0.363. The van der Waals surface area contributed by atoms with Gasteiger partial charge in [-0.1, -0.05) is 34.6 Å². The largest absolute Gasteiger partial charge is 0.462 e. The van der Waals surface area contributed by atoms with E-state index in [9.17, 15) is 25.2 Å². The van der Waals surface area contributed by atoms with Crippen molar-refractivity contribution in [3.63, 3.8) is 0 Å². The number of carbonyl (C=O) groups excluding carboxylic acids is 1. The molecule has 0 aromatic carbocycles. The molecule has 5 aliphatic rings. The number of aliphatic hydroxyl groups is 4. The average Bonchev–Trinajstić information content (AvgIpc) is 3.37. The molecular formula is C32H54O6. The molecule has 5 fully saturated rings. The zero-order valence-electron chi connectivity index (χ0n) is 25.1. The van der Waals surface area contributed by atoms with Crippen LogP contribution in [0.15, 0.2) is 0 Å². The summed E-state index contributed by atoms with van der Waals surface area (Å²) in [6, 6.07) is 0. The van der Waals surface area contributed by atoms with Crippen molar-refractivity contribution in [1.82, 2.24) is 0 Å². The zero-order valence-corrected chi connectivity index (χ0v) is 25.1. The summed E-state index contributed by atoms with van der Waals surface area (Å²) in [5.41, 5.74) is -1.18. The topological polar surface area (TPSA) is 107 Å². The van der Waals surface area contributed by atoms with Crippen LogP contribution >= 0.6 is 0 Å². The van der Waals surface area contributed by atoms with Crippen molar-refractivity contribution in [3.8, 4) is 0 Å². The molecule has 0 aromatic rings. The van der Waals surface area contributed by atoms with Crippen molar-refractivity contribution in [2.45, 2.75) is 143 Å². The second-order valence-electron chi connectivity index (χ2n) is 16.1. The van der Waals surface area contributed by atoms with E-state index in [2.05, 4.69) is 34.6 Å². The molecule has 5 saturated carbocycles. The Labute approximate surface area is 229 Å². The second kappa shape index (κ2) is 8.66. The average molecular weight is 535 g/mol. The standard InChI is InChI=1S/C32H54O6/c1-18(15-21(34)26(36)28(5,6)37)20-9-14-32-17-31(20,32)13-10-22-29(7)12-11-25(38-19(2)33)27(3,4)23(29)16-24(35)30(22,32)8/h18,20-26,34-37H,9-17H2,1-8H3. The summed E-state index contributed by atoms with van der Waals surface area (Å²) in [6.45, 7) is 16.2. The van der Waals surface area contributed by atoms with Gasteiger partial charge >= 0.3 is 5.97 Å². The lowest BCUT2D eigenvalue weighted by molar-refractivity contribution is -0.245. The molecule has 0 radical (unpaired) electrons. The van der Waals surface area contributed by atoms with Crippen LogP contribution in [0.1, 0.15) is 113 Å². The summed E-state index contributed by atoms with van der Waals surface area (Å²) in [6.07, 6.45) is 6.31. The van der Waals surface area contributed by atoms with Crippen molar-refractivity contribution in [2.75, 3.05) is 0 Å². The molecule has 218 valence electrons. The zero-order chi connectivity index (χ0) is 28.3. The first kappa shape index (κ1) is 28.8. The third-order valence-corrected chi connectivity index (χ3v) is 13.8. The maximum Gasteiger partial charge on any atom is 0.302 e. The summed E-state index contributed by atoms with van der Waals surface area (Å²) >= 11 is 0. The van der Waals surface area contributed by atoms with E-state index in [0.29, 0.717) is 24.2 Å². The van der Waals surface area contributed by atoms with Crippen LogP contribution in [0.2, 0.25) is 0 Å². The van der Waals surface area contributed by atoms with Crippen LogP contribution in [0, 0.1) is 50.7 Å². The van der Waals surface area contributed by atoms with Gasteiger partial charge < -0.3 is 25.2 Å². The van der Waals surface area contributed by atoms with Gasteiger partial charge in [0.25, 0.3) is 0 Å². The Bertz CT molecular complexity index is 956. The van der Waals surface area contributed by atoms with Gasteiger partial charge in [-0.05, 0) is 112 Å². The molecule has 12 atom stereocenters. The predicted molar refractivity (Wildman–Crippen MR) is 146 cm³/mol. The molecule has 4 N–H and O–H groups in total. The Kier molecular flexibility index (Phi) is 6.57. The molecule has 0 saturated heterocycles. The second-order valence-corrected chi connectivity index (χ2v) is 16.1. The molecular weight excluding hydrogens is 480 g/mol. The number of ether oxygens (including phenoxy) is 1. The smallest absolute Gasteiger partial charge is 0.302 e. The van der Waals surface area contributed by atoms with Gasteiger partial charge in [-0.2, -0.15) is 0 Å². The van der Waals surface area contributed by atoms with E-state index in [4.69, 9.17) is 4.74 Å². The minimum atomic E-state index is -1.33. The fourth-order valence-corrected chi connectivity index (χ4v) is 12.0. The molecule has 0 amide bonds. The highest BCUT2D eigenvalue weighted by Gasteiger charge is 2.85. The van der Waals surface area contributed by atoms with Gasteiger partial charge in [0.2, 0.25) is 0 Å². The van der Waals surface area contributed by atoms with Gasteiger partial charge in [0.1, 0.15) is 12.2 Å². The minimum absolute atomic E-state index is 0.0983. The lowest BCUT2D eigenvalue weighted by Crippen LogP contribution is -2.66. The number of aliphatic hydroxyl groups excluding tert-OH is 3. The van der Waals surface area contributed by atoms with Crippen molar-refractivity contribution >= 4 is 5.97 Å². The van der Waals surface area contributed by atoms with Gasteiger partial charge in [-0.25, -0.2) is 0 Å². The molecule has 38 heavy (non-hydrogen) atoms. The van der Waals surface area contributed by atoms with Gasteiger partial charge in [0, 0.05) is 17.8 Å². The number of carbonyl (C=O) groups is 1. The van der Waals surface area contributed by atoms with E-state index in [-0.39, 0.29) is 51.2 Å². The number of hydrogen-bond donors (Lipinski definition) is 4. The maximum absolute atomic E-state index is 12.1. The van der Waals surface area contributed by atoms with Gasteiger partial charge in [-0.15, -0.1) is 0 Å². The molecule has 0 aliphatic heterocycles. The Balaban J connectivity index is 1.40. The van der Waals surface area contributed by atoms with Crippen molar-refractivity contribution in [3.05, 3.63) is 0 Å². The summed E-state index contributed by atoms with van der Waals surface area (Å²) in [5.74, 6) is 1.25. The van der Waals surface area contributed by atoms with Gasteiger partial charge in [0.05, 0.1) is 17.8 Å². The fraction of sp³-hybridized carbons (Fsp3) is 0.969. The molecule has 0 aromatic heterocycles. The van der Waals surface area contributed by atoms with Gasteiger partial charge in [-0.3, -0.25) is 4.79 Å². The van der Waals surface area contributed by atoms with Crippen LogP contribution in [0.25, 0.3) is 0 Å². The van der Waals surface area contributed by atoms with E-state index in [1.807, 2.05) is 0 Å². The fourth-order valence-electron chi connectivity index (χ4n) is 12.0. The van der Waals surface area contributed by atoms with Crippen LogP contribution in [0.5, 0.6) is 0 Å². The van der Waals surface area contributed by atoms with Gasteiger partial charge in [0.15, 0.2) is 0 Å². The van der Waals surface area contributed by atoms with E-state index >= 15 is 0 Å². The summed E-state index contributed by atoms with van der Waals surface area (Å²) in [4.78, 5) is 11.9. The van der Waals surface area contributed by atoms with Crippen molar-refractivity contribution < 1.29 is 30.0 Å². The normalized spacial score (nSPS) is 49.5. The molecule has 6 nitrogen and oxygen atoms in total. The Morgan fingerprint density at radius 2 is 1.68 bits per heavy atom. The number of fused-ring (bicyclic) bond motifs is 3. The van der Waals surface area contributed by atoms with Crippen LogP contribution in [-0.4, -0.2) is 56.4 Å². The Morgan fingerprint density at radius 3 is 2.29 bits per heavy atom. The highest BCUT2D eigenvalue weighted by atomic mass is 16.5. The summed E-state index contributed by atoms with van der Waals surface area (Å²) in [5, 5.41) is 43.5. The van der Waals surface area contributed by atoms with E-state index in [0.717, 1.165) is 38.5 Å². The number of rotatable bonds is 6. The first-order valence-electron chi connectivity index (χ1n) is 15.3. The summed E-state index contributed by atoms with van der Waals surface area (Å²) in [7, 11) is 0. The third-order valence-electron chi connectivity index (χ3n) is 13.8. The molecule has 0 bridgehead atoms. The molecule has 6 heteroatoms.